The molecule has 5 heteroatoms. The van der Waals surface area contributed by atoms with E-state index in [1.54, 1.807) is 11.9 Å². The molecule has 2 atom stereocenters. The first-order valence-electron chi connectivity index (χ1n) is 6.43. The molecule has 1 aromatic rings. The molecule has 19 heavy (non-hydrogen) atoms. The molecule has 1 saturated carbocycles. The highest BCUT2D eigenvalue weighted by Gasteiger charge is 2.29. The number of phenols is 2. The van der Waals surface area contributed by atoms with Gasteiger partial charge in [-0.05, 0) is 25.0 Å². The number of phenolic OH excluding ortho intramolecular Hbond substituents is 2. The summed E-state index contributed by atoms with van der Waals surface area (Å²) in [6.07, 6.45) is 4.34. The number of carbonyl (C=O) groups excluding carboxylic acids is 1. The summed E-state index contributed by atoms with van der Waals surface area (Å²) in [7, 11) is 1.77. The molecule has 2 rings (SSSR count). The summed E-state index contributed by atoms with van der Waals surface area (Å²) in [5.74, 6) is -0.380. The minimum absolute atomic E-state index is 0.101. The topological polar surface area (TPSA) is 60.8 Å². The van der Waals surface area contributed by atoms with Crippen molar-refractivity contribution in [3.05, 3.63) is 23.8 Å². The molecule has 1 fully saturated rings. The van der Waals surface area contributed by atoms with E-state index in [0.29, 0.717) is 10.4 Å². The van der Waals surface area contributed by atoms with E-state index in [0.717, 1.165) is 19.3 Å². The van der Waals surface area contributed by atoms with Gasteiger partial charge in [0, 0.05) is 29.5 Å². The quantitative estimate of drug-likeness (QED) is 0.821. The van der Waals surface area contributed by atoms with Gasteiger partial charge in [-0.15, -0.1) is 0 Å². The number of aromatic hydroxyl groups is 2. The maximum Gasteiger partial charge on any atom is 0.254 e. The van der Waals surface area contributed by atoms with Gasteiger partial charge in [-0.3, -0.25) is 4.79 Å². The Morgan fingerprint density at radius 2 is 1.79 bits per heavy atom. The van der Waals surface area contributed by atoms with Gasteiger partial charge in [-0.25, -0.2) is 0 Å². The van der Waals surface area contributed by atoms with Crippen molar-refractivity contribution >= 4 is 21.8 Å². The predicted octanol–water partition coefficient (Wildman–Crippen LogP) is 2.88. The highest BCUT2D eigenvalue weighted by Crippen LogP contribution is 2.29. The van der Waals surface area contributed by atoms with Crippen LogP contribution in [0.3, 0.4) is 0 Å². The lowest BCUT2D eigenvalue weighted by atomic mass is 9.94. The first-order chi connectivity index (χ1) is 8.99. The molecular formula is C14H18BrNO3. The fourth-order valence-corrected chi connectivity index (χ4v) is 3.52. The van der Waals surface area contributed by atoms with Crippen molar-refractivity contribution in [2.24, 2.45) is 0 Å². The van der Waals surface area contributed by atoms with E-state index >= 15 is 0 Å². The Morgan fingerprint density at radius 1 is 1.21 bits per heavy atom. The van der Waals surface area contributed by atoms with Crippen LogP contribution >= 0.6 is 15.9 Å². The Kier molecular flexibility index (Phi) is 4.34. The van der Waals surface area contributed by atoms with Crippen molar-refractivity contribution in [1.82, 2.24) is 4.90 Å². The van der Waals surface area contributed by atoms with E-state index < -0.39 is 0 Å². The zero-order chi connectivity index (χ0) is 14.0. The van der Waals surface area contributed by atoms with Crippen LogP contribution in [0.25, 0.3) is 0 Å². The molecule has 2 N–H and O–H groups in total. The van der Waals surface area contributed by atoms with Crippen LogP contribution in [0.1, 0.15) is 36.0 Å². The molecule has 0 bridgehead atoms. The van der Waals surface area contributed by atoms with Gasteiger partial charge in [0.05, 0.1) is 0 Å². The number of alkyl halides is 1. The first-order valence-corrected chi connectivity index (χ1v) is 7.35. The summed E-state index contributed by atoms with van der Waals surface area (Å²) in [5.41, 5.74) is 0.310. The first kappa shape index (κ1) is 14.2. The number of benzene rings is 1. The lowest BCUT2D eigenvalue weighted by Crippen LogP contribution is -2.44. The van der Waals surface area contributed by atoms with Gasteiger partial charge >= 0.3 is 0 Å². The summed E-state index contributed by atoms with van der Waals surface area (Å²) in [5, 5.41) is 18.9. The van der Waals surface area contributed by atoms with Crippen LogP contribution in [0.4, 0.5) is 0 Å². The van der Waals surface area contributed by atoms with Gasteiger partial charge < -0.3 is 15.1 Å². The van der Waals surface area contributed by atoms with E-state index in [1.807, 2.05) is 0 Å². The zero-order valence-corrected chi connectivity index (χ0v) is 12.4. The van der Waals surface area contributed by atoms with E-state index in [-0.39, 0.29) is 23.4 Å². The molecule has 0 aliphatic heterocycles. The van der Waals surface area contributed by atoms with Crippen LogP contribution in [0, 0.1) is 0 Å². The van der Waals surface area contributed by atoms with Crippen LogP contribution in [-0.2, 0) is 0 Å². The second-order valence-electron chi connectivity index (χ2n) is 5.02. The smallest absolute Gasteiger partial charge is 0.254 e. The third-order valence-corrected chi connectivity index (χ3v) is 4.68. The monoisotopic (exact) mass is 327 g/mol. The Labute approximate surface area is 121 Å². The van der Waals surface area contributed by atoms with Crippen LogP contribution in [0.15, 0.2) is 18.2 Å². The number of halogens is 1. The maximum absolute atomic E-state index is 12.4. The number of hydrogen-bond acceptors (Lipinski definition) is 3. The molecule has 0 saturated heterocycles. The molecule has 1 aliphatic carbocycles. The third-order valence-electron chi connectivity index (χ3n) is 3.61. The average Bonchev–Trinajstić information content (AvgIpc) is 2.36. The Balaban J connectivity index is 2.18. The number of amides is 1. The summed E-state index contributed by atoms with van der Waals surface area (Å²) in [4.78, 5) is 14.4. The standard InChI is InChI=1S/C14H18BrNO3/c1-16(13-5-3-2-4-12(13)15)14(19)9-6-10(17)8-11(18)7-9/h6-8,12-13,17-18H,2-5H2,1H3. The molecule has 4 nitrogen and oxygen atoms in total. The van der Waals surface area contributed by atoms with Gasteiger partial charge in [-0.2, -0.15) is 0 Å². The zero-order valence-electron chi connectivity index (χ0n) is 10.8. The van der Waals surface area contributed by atoms with E-state index in [1.165, 1.54) is 24.6 Å². The van der Waals surface area contributed by atoms with Crippen molar-refractivity contribution in [1.29, 1.82) is 0 Å². The van der Waals surface area contributed by atoms with Crippen molar-refractivity contribution in [3.8, 4) is 11.5 Å². The van der Waals surface area contributed by atoms with Crippen LogP contribution in [0.5, 0.6) is 11.5 Å². The van der Waals surface area contributed by atoms with E-state index in [9.17, 15) is 15.0 Å². The molecule has 0 heterocycles. The minimum Gasteiger partial charge on any atom is -0.508 e. The summed E-state index contributed by atoms with van der Waals surface area (Å²) < 4.78 is 0. The predicted molar refractivity (Wildman–Crippen MR) is 76.8 cm³/mol. The largest absolute Gasteiger partial charge is 0.508 e. The molecule has 104 valence electrons. The Morgan fingerprint density at radius 3 is 2.37 bits per heavy atom. The number of hydrogen-bond donors (Lipinski definition) is 2. The van der Waals surface area contributed by atoms with Crippen molar-refractivity contribution < 1.29 is 15.0 Å². The SMILES string of the molecule is CN(C(=O)c1cc(O)cc(O)c1)C1CCCCC1Br. The summed E-state index contributed by atoms with van der Waals surface area (Å²) >= 11 is 3.63. The highest BCUT2D eigenvalue weighted by molar-refractivity contribution is 9.09. The van der Waals surface area contributed by atoms with Gasteiger partial charge in [0.25, 0.3) is 5.91 Å². The lowest BCUT2D eigenvalue weighted by Gasteiger charge is -2.35. The lowest BCUT2D eigenvalue weighted by molar-refractivity contribution is 0.0704. The molecular weight excluding hydrogens is 310 g/mol. The highest BCUT2D eigenvalue weighted by atomic mass is 79.9. The van der Waals surface area contributed by atoms with Gasteiger partial charge in [0.2, 0.25) is 0 Å². The van der Waals surface area contributed by atoms with E-state index in [2.05, 4.69) is 15.9 Å². The van der Waals surface area contributed by atoms with Gasteiger partial charge in [-0.1, -0.05) is 28.8 Å². The van der Waals surface area contributed by atoms with E-state index in [4.69, 9.17) is 0 Å². The van der Waals surface area contributed by atoms with Crippen LogP contribution < -0.4 is 0 Å². The van der Waals surface area contributed by atoms with Crippen molar-refractivity contribution in [2.45, 2.75) is 36.6 Å². The molecule has 1 amide bonds. The molecule has 0 aromatic heterocycles. The normalized spacial score (nSPS) is 23.1. The van der Waals surface area contributed by atoms with Crippen molar-refractivity contribution in [2.75, 3.05) is 7.05 Å². The Bertz CT molecular complexity index is 458. The fraction of sp³-hybridized carbons (Fsp3) is 0.500. The third kappa shape index (κ3) is 3.21. The number of carbonyl (C=O) groups is 1. The second-order valence-corrected chi connectivity index (χ2v) is 6.20. The average molecular weight is 328 g/mol. The van der Waals surface area contributed by atoms with Crippen LogP contribution in [-0.4, -0.2) is 38.9 Å². The number of rotatable bonds is 2. The minimum atomic E-state index is -0.178. The molecule has 1 aliphatic rings. The Hall–Kier alpha value is -1.23. The van der Waals surface area contributed by atoms with Gasteiger partial charge in [0.1, 0.15) is 11.5 Å². The van der Waals surface area contributed by atoms with Crippen LogP contribution in [0.2, 0.25) is 0 Å². The number of nitrogens with zero attached hydrogens (tertiary/aromatic N) is 1. The van der Waals surface area contributed by atoms with Crippen molar-refractivity contribution in [3.63, 3.8) is 0 Å². The summed E-state index contributed by atoms with van der Waals surface area (Å²) in [6.45, 7) is 0. The molecule has 0 spiro atoms. The summed E-state index contributed by atoms with van der Waals surface area (Å²) in [6, 6.07) is 4.13. The molecule has 2 unspecified atom stereocenters. The fourth-order valence-electron chi connectivity index (χ4n) is 2.58. The maximum atomic E-state index is 12.4. The van der Waals surface area contributed by atoms with Gasteiger partial charge in [0.15, 0.2) is 0 Å². The second kappa shape index (κ2) is 5.82. The molecule has 0 radical (unpaired) electrons. The molecule has 1 aromatic carbocycles.